The van der Waals surface area contributed by atoms with E-state index >= 15 is 0 Å². The lowest BCUT2D eigenvalue weighted by Crippen LogP contribution is -2.27. The first kappa shape index (κ1) is 16.9. The van der Waals surface area contributed by atoms with Gasteiger partial charge in [-0.3, -0.25) is 0 Å². The van der Waals surface area contributed by atoms with E-state index in [0.717, 1.165) is 19.7 Å². The van der Waals surface area contributed by atoms with Gasteiger partial charge in [-0.15, -0.1) is 22.9 Å². The van der Waals surface area contributed by atoms with Crippen LogP contribution in [-0.4, -0.2) is 19.8 Å². The number of benzene rings is 1. The Hall–Kier alpha value is -0.470. The molecule has 0 spiro atoms. The summed E-state index contributed by atoms with van der Waals surface area (Å²) in [5.74, 6) is -0.650. The van der Waals surface area contributed by atoms with Crippen LogP contribution in [0.1, 0.15) is 10.4 Å². The molecule has 0 aliphatic rings. The molecule has 2 aromatic rings. The molecule has 8 heteroatoms. The highest BCUT2D eigenvalue weighted by Gasteiger charge is 2.25. The molecule has 0 aliphatic carbocycles. The van der Waals surface area contributed by atoms with Crippen molar-refractivity contribution in [3.8, 4) is 0 Å². The van der Waals surface area contributed by atoms with Gasteiger partial charge in [-0.25, -0.2) is 12.8 Å². The first-order valence-corrected chi connectivity index (χ1v) is 9.53. The predicted octanol–water partition coefficient (Wildman–Crippen LogP) is 4.21. The minimum atomic E-state index is -3.88. The van der Waals surface area contributed by atoms with Gasteiger partial charge < -0.3 is 0 Å². The van der Waals surface area contributed by atoms with Crippen LogP contribution in [-0.2, 0) is 22.4 Å². The van der Waals surface area contributed by atoms with Crippen molar-refractivity contribution < 1.29 is 12.8 Å². The third-order valence-corrected chi connectivity index (χ3v) is 6.67. The lowest BCUT2D eigenvalue weighted by Gasteiger charge is -2.17. The number of thiophene rings is 1. The second-order valence-corrected chi connectivity index (χ2v) is 8.58. The van der Waals surface area contributed by atoms with E-state index < -0.39 is 15.8 Å². The molecule has 1 heterocycles. The standard InChI is InChI=1S/C13H12BrClFNO2S2/c1-17(7-11-5-10(14)8-20-11)21(18,19)13-3-2-9(6-15)4-12(13)16/h2-5,8H,6-7H2,1H3. The molecule has 0 bridgehead atoms. The van der Waals surface area contributed by atoms with Crippen molar-refractivity contribution in [3.05, 3.63) is 50.4 Å². The summed E-state index contributed by atoms with van der Waals surface area (Å²) >= 11 is 10.4. The Bertz CT molecular complexity index is 748. The summed E-state index contributed by atoms with van der Waals surface area (Å²) in [6, 6.07) is 5.75. The van der Waals surface area contributed by atoms with Crippen molar-refractivity contribution in [2.24, 2.45) is 0 Å². The first-order chi connectivity index (χ1) is 9.84. The molecule has 0 atom stereocenters. The van der Waals surface area contributed by atoms with Crippen LogP contribution in [0.2, 0.25) is 0 Å². The van der Waals surface area contributed by atoms with Crippen molar-refractivity contribution in [1.82, 2.24) is 4.31 Å². The van der Waals surface area contributed by atoms with E-state index in [2.05, 4.69) is 15.9 Å². The molecule has 0 unspecified atom stereocenters. The van der Waals surface area contributed by atoms with Gasteiger partial charge in [0.1, 0.15) is 10.7 Å². The average molecular weight is 413 g/mol. The van der Waals surface area contributed by atoms with Gasteiger partial charge in [0.2, 0.25) is 10.0 Å². The summed E-state index contributed by atoms with van der Waals surface area (Å²) in [6.07, 6.45) is 0. The minimum Gasteiger partial charge on any atom is -0.207 e. The quantitative estimate of drug-likeness (QED) is 0.690. The third-order valence-electron chi connectivity index (χ3n) is 2.84. The summed E-state index contributed by atoms with van der Waals surface area (Å²) in [4.78, 5) is 0.528. The van der Waals surface area contributed by atoms with E-state index in [1.807, 2.05) is 11.4 Å². The van der Waals surface area contributed by atoms with E-state index in [1.165, 1.54) is 30.5 Å². The fraction of sp³-hybridized carbons (Fsp3) is 0.231. The van der Waals surface area contributed by atoms with Gasteiger partial charge in [-0.1, -0.05) is 6.07 Å². The molecule has 0 fully saturated rings. The monoisotopic (exact) mass is 411 g/mol. The Labute approximate surface area is 140 Å². The third kappa shape index (κ3) is 3.84. The van der Waals surface area contributed by atoms with Crippen molar-refractivity contribution in [3.63, 3.8) is 0 Å². The molecule has 3 nitrogen and oxygen atoms in total. The molecule has 0 radical (unpaired) electrons. The summed E-state index contributed by atoms with van der Waals surface area (Å²) in [7, 11) is -2.45. The Morgan fingerprint density at radius 1 is 1.38 bits per heavy atom. The molecular formula is C13H12BrClFNO2S2. The highest BCUT2D eigenvalue weighted by molar-refractivity contribution is 9.10. The number of rotatable bonds is 5. The summed E-state index contributed by atoms with van der Waals surface area (Å²) in [6.45, 7) is 0.190. The van der Waals surface area contributed by atoms with Crippen LogP contribution in [0.4, 0.5) is 4.39 Å². The lowest BCUT2D eigenvalue weighted by molar-refractivity contribution is 0.462. The van der Waals surface area contributed by atoms with Crippen LogP contribution in [0.3, 0.4) is 0 Å². The summed E-state index contributed by atoms with van der Waals surface area (Å²) < 4.78 is 40.8. The number of alkyl halides is 1. The lowest BCUT2D eigenvalue weighted by atomic mass is 10.2. The van der Waals surface area contributed by atoms with Crippen LogP contribution in [0.5, 0.6) is 0 Å². The van der Waals surface area contributed by atoms with E-state index in [4.69, 9.17) is 11.6 Å². The van der Waals surface area contributed by atoms with Crippen molar-refractivity contribution >= 4 is 48.9 Å². The van der Waals surface area contributed by atoms with Gasteiger partial charge in [-0.2, -0.15) is 4.31 Å². The second kappa shape index (κ2) is 6.75. The first-order valence-electron chi connectivity index (χ1n) is 5.88. The molecule has 2 rings (SSSR count). The van der Waals surface area contributed by atoms with Crippen molar-refractivity contribution in [2.45, 2.75) is 17.3 Å². The normalized spacial score (nSPS) is 12.0. The number of halogens is 3. The van der Waals surface area contributed by atoms with E-state index in [1.54, 1.807) is 0 Å². The largest absolute Gasteiger partial charge is 0.246 e. The number of hydrogen-bond donors (Lipinski definition) is 0. The smallest absolute Gasteiger partial charge is 0.207 e. The zero-order valence-electron chi connectivity index (χ0n) is 11.0. The fourth-order valence-corrected chi connectivity index (χ4v) is 4.69. The molecule has 0 aliphatic heterocycles. The van der Waals surface area contributed by atoms with Gasteiger partial charge >= 0.3 is 0 Å². The maximum Gasteiger partial charge on any atom is 0.246 e. The summed E-state index contributed by atoms with van der Waals surface area (Å²) in [5, 5.41) is 1.87. The summed E-state index contributed by atoms with van der Waals surface area (Å²) in [5.41, 5.74) is 0.540. The molecule has 0 saturated carbocycles. The highest BCUT2D eigenvalue weighted by Crippen LogP contribution is 2.25. The topological polar surface area (TPSA) is 37.4 Å². The molecule has 0 saturated heterocycles. The van der Waals surface area contributed by atoms with Crippen LogP contribution in [0.15, 0.2) is 39.0 Å². The van der Waals surface area contributed by atoms with Crippen LogP contribution < -0.4 is 0 Å². The van der Waals surface area contributed by atoms with Gasteiger partial charge in [0.05, 0.1) is 0 Å². The van der Waals surface area contributed by atoms with E-state index in [9.17, 15) is 12.8 Å². The Morgan fingerprint density at radius 3 is 2.62 bits per heavy atom. The zero-order valence-corrected chi connectivity index (χ0v) is 15.0. The van der Waals surface area contributed by atoms with Crippen LogP contribution >= 0.6 is 38.9 Å². The SMILES string of the molecule is CN(Cc1cc(Br)cs1)S(=O)(=O)c1ccc(CCl)cc1F. The second-order valence-electron chi connectivity index (χ2n) is 4.39. The molecule has 114 valence electrons. The predicted molar refractivity (Wildman–Crippen MR) is 86.6 cm³/mol. The average Bonchev–Trinajstić information content (AvgIpc) is 2.83. The molecule has 21 heavy (non-hydrogen) atoms. The Balaban J connectivity index is 2.28. The van der Waals surface area contributed by atoms with E-state index in [0.29, 0.717) is 5.56 Å². The van der Waals surface area contributed by atoms with Gasteiger partial charge in [-0.05, 0) is 39.7 Å². The van der Waals surface area contributed by atoms with Crippen molar-refractivity contribution in [1.29, 1.82) is 0 Å². The maximum atomic E-state index is 14.0. The number of nitrogens with zero attached hydrogens (tertiary/aromatic N) is 1. The van der Waals surface area contributed by atoms with E-state index in [-0.39, 0.29) is 17.3 Å². The zero-order chi connectivity index (χ0) is 15.6. The molecule has 1 aromatic heterocycles. The minimum absolute atomic E-state index is 0.135. The Morgan fingerprint density at radius 2 is 2.10 bits per heavy atom. The maximum absolute atomic E-state index is 14.0. The fourth-order valence-electron chi connectivity index (χ4n) is 1.75. The van der Waals surface area contributed by atoms with Crippen LogP contribution in [0, 0.1) is 5.82 Å². The van der Waals surface area contributed by atoms with Gasteiger partial charge in [0, 0.05) is 34.2 Å². The number of hydrogen-bond acceptors (Lipinski definition) is 3. The highest BCUT2D eigenvalue weighted by atomic mass is 79.9. The van der Waals surface area contributed by atoms with Crippen molar-refractivity contribution in [2.75, 3.05) is 7.05 Å². The van der Waals surface area contributed by atoms with Crippen LogP contribution in [0.25, 0.3) is 0 Å². The molecule has 1 aromatic carbocycles. The van der Waals surface area contributed by atoms with Gasteiger partial charge in [0.25, 0.3) is 0 Å². The molecule has 0 N–H and O–H groups in total. The molecule has 0 amide bonds. The molecular weight excluding hydrogens is 401 g/mol. The number of sulfonamides is 1. The van der Waals surface area contributed by atoms with Gasteiger partial charge in [0.15, 0.2) is 0 Å². The Kier molecular flexibility index (Phi) is 5.43.